The van der Waals surface area contributed by atoms with Gasteiger partial charge in [-0.15, -0.1) is 0 Å². The summed E-state index contributed by atoms with van der Waals surface area (Å²) < 4.78 is 26.4. The van der Waals surface area contributed by atoms with Crippen molar-refractivity contribution in [3.05, 3.63) is 77.4 Å². The molecule has 0 radical (unpaired) electrons. The Bertz CT molecular complexity index is 1220. The van der Waals surface area contributed by atoms with E-state index in [1.807, 2.05) is 0 Å². The number of hydrogen-bond acceptors (Lipinski definition) is 8. The van der Waals surface area contributed by atoms with Crippen molar-refractivity contribution < 1.29 is 33.3 Å². The Morgan fingerprint density at radius 1 is 0.781 bits per heavy atom. The number of amides is 1. The molecule has 0 aliphatic carbocycles. The number of esters is 1. The lowest BCUT2D eigenvalue weighted by Gasteiger charge is -2.05. The lowest BCUT2D eigenvalue weighted by atomic mass is 10.2. The van der Waals surface area contributed by atoms with E-state index in [4.69, 9.17) is 23.7 Å². The van der Waals surface area contributed by atoms with E-state index in [9.17, 15) is 9.59 Å². The molecule has 5 rings (SSSR count). The monoisotopic (exact) mass is 432 g/mol. The van der Waals surface area contributed by atoms with Crippen molar-refractivity contribution in [2.75, 3.05) is 13.6 Å². The third kappa shape index (κ3) is 4.04. The highest BCUT2D eigenvalue weighted by molar-refractivity contribution is 5.95. The van der Waals surface area contributed by atoms with Crippen LogP contribution in [0.2, 0.25) is 0 Å². The van der Waals surface area contributed by atoms with Crippen LogP contribution in [-0.4, -0.2) is 31.7 Å². The molecule has 0 atom stereocenters. The highest BCUT2D eigenvalue weighted by atomic mass is 16.7. The lowest BCUT2D eigenvalue weighted by Crippen LogP contribution is -2.17. The summed E-state index contributed by atoms with van der Waals surface area (Å²) in [6, 6.07) is 16.4. The first-order valence-corrected chi connectivity index (χ1v) is 9.61. The summed E-state index contributed by atoms with van der Waals surface area (Å²) in [5, 5.41) is 3.95. The van der Waals surface area contributed by atoms with Gasteiger partial charge in [-0.3, -0.25) is 4.79 Å². The van der Waals surface area contributed by atoms with E-state index < -0.39 is 5.97 Å². The Morgan fingerprint density at radius 3 is 2.06 bits per heavy atom. The summed E-state index contributed by atoms with van der Waals surface area (Å²) >= 11 is 0. The molecular formula is C23H16N2O7. The molecule has 1 N–H and O–H groups in total. The topological polar surface area (TPSA) is 105 Å². The Hall–Kier alpha value is -4.53. The maximum Gasteiger partial charge on any atom is 0.343 e. The van der Waals surface area contributed by atoms with Crippen molar-refractivity contribution in [2.24, 2.45) is 5.10 Å². The number of carbonyl (C=O) groups excluding carboxylic acids is 2. The van der Waals surface area contributed by atoms with Gasteiger partial charge in [-0.2, -0.15) is 5.10 Å². The molecule has 32 heavy (non-hydrogen) atoms. The van der Waals surface area contributed by atoms with Crippen LogP contribution in [0.25, 0.3) is 0 Å². The Balaban J connectivity index is 1.17. The molecule has 3 aromatic carbocycles. The van der Waals surface area contributed by atoms with Crippen LogP contribution in [0.4, 0.5) is 0 Å². The number of hydrazone groups is 1. The van der Waals surface area contributed by atoms with Crippen LogP contribution in [0.15, 0.2) is 65.8 Å². The van der Waals surface area contributed by atoms with E-state index in [0.717, 1.165) is 0 Å². The summed E-state index contributed by atoms with van der Waals surface area (Å²) in [4.78, 5) is 24.6. The van der Waals surface area contributed by atoms with Crippen molar-refractivity contribution in [2.45, 2.75) is 0 Å². The van der Waals surface area contributed by atoms with Crippen LogP contribution in [0.1, 0.15) is 26.3 Å². The number of nitrogens with one attached hydrogen (secondary N) is 1. The Labute approximate surface area is 182 Å². The van der Waals surface area contributed by atoms with Crippen molar-refractivity contribution in [1.82, 2.24) is 5.43 Å². The fourth-order valence-electron chi connectivity index (χ4n) is 3.08. The first kappa shape index (κ1) is 19.4. The molecule has 1 amide bonds. The largest absolute Gasteiger partial charge is 0.454 e. The third-order valence-corrected chi connectivity index (χ3v) is 4.71. The van der Waals surface area contributed by atoms with Gasteiger partial charge in [0.25, 0.3) is 5.91 Å². The van der Waals surface area contributed by atoms with Gasteiger partial charge in [0.2, 0.25) is 13.6 Å². The minimum absolute atomic E-state index is 0.133. The summed E-state index contributed by atoms with van der Waals surface area (Å²) in [6.07, 6.45) is 1.48. The van der Waals surface area contributed by atoms with Gasteiger partial charge in [-0.25, -0.2) is 10.2 Å². The van der Waals surface area contributed by atoms with Crippen LogP contribution in [0.3, 0.4) is 0 Å². The second-order valence-electron chi connectivity index (χ2n) is 6.79. The molecule has 0 bridgehead atoms. The molecule has 0 spiro atoms. The van der Waals surface area contributed by atoms with Gasteiger partial charge in [-0.1, -0.05) is 0 Å². The second-order valence-corrected chi connectivity index (χ2v) is 6.79. The smallest absolute Gasteiger partial charge is 0.343 e. The first-order valence-electron chi connectivity index (χ1n) is 9.61. The molecule has 2 heterocycles. The molecule has 160 valence electrons. The Kier molecular flexibility index (Phi) is 5.04. The SMILES string of the molecule is O=C(N/N=C\c1ccc(OC(=O)c2ccc3c(c2)OCO3)cc1)c1ccc2c(c1)OCO2. The normalized spacial score (nSPS) is 13.2. The van der Waals surface area contributed by atoms with Gasteiger partial charge in [0, 0.05) is 5.56 Å². The van der Waals surface area contributed by atoms with Crippen LogP contribution in [-0.2, 0) is 0 Å². The number of benzene rings is 3. The predicted molar refractivity (Wildman–Crippen MR) is 112 cm³/mol. The van der Waals surface area contributed by atoms with Crippen molar-refractivity contribution in [1.29, 1.82) is 0 Å². The molecular weight excluding hydrogens is 416 g/mol. The van der Waals surface area contributed by atoms with Gasteiger partial charge in [0.05, 0.1) is 11.8 Å². The molecule has 2 aliphatic heterocycles. The average molecular weight is 432 g/mol. The van der Waals surface area contributed by atoms with E-state index in [2.05, 4.69) is 10.5 Å². The second kappa shape index (κ2) is 8.31. The Morgan fingerprint density at radius 2 is 1.38 bits per heavy atom. The van der Waals surface area contributed by atoms with E-state index in [1.165, 1.54) is 6.21 Å². The standard InChI is InChI=1S/C23H16N2O7/c26-22(15-3-7-18-20(9-15)30-12-28-18)25-24-11-14-1-5-17(6-2-14)32-23(27)16-4-8-19-21(10-16)31-13-29-19/h1-11H,12-13H2,(H,25,26)/b24-11-. The van der Waals surface area contributed by atoms with Crippen molar-refractivity contribution in [3.8, 4) is 28.7 Å². The van der Waals surface area contributed by atoms with Crippen molar-refractivity contribution >= 4 is 18.1 Å². The van der Waals surface area contributed by atoms with E-state index >= 15 is 0 Å². The molecule has 0 saturated carbocycles. The highest BCUT2D eigenvalue weighted by Crippen LogP contribution is 2.33. The number of ether oxygens (including phenoxy) is 5. The van der Waals surface area contributed by atoms with Gasteiger partial charge in [0.15, 0.2) is 23.0 Å². The predicted octanol–water partition coefficient (Wildman–Crippen LogP) is 3.13. The quantitative estimate of drug-likeness (QED) is 0.286. The van der Waals surface area contributed by atoms with Crippen LogP contribution < -0.4 is 29.1 Å². The average Bonchev–Trinajstić information content (AvgIpc) is 3.48. The molecule has 0 fully saturated rings. The molecule has 0 saturated heterocycles. The number of rotatable bonds is 5. The maximum atomic E-state index is 12.3. The fraction of sp³-hybridized carbons (Fsp3) is 0.0870. The van der Waals surface area contributed by atoms with Gasteiger partial charge in [-0.05, 0) is 66.2 Å². The van der Waals surface area contributed by atoms with E-state index in [1.54, 1.807) is 60.7 Å². The number of nitrogens with zero attached hydrogens (tertiary/aromatic N) is 1. The number of carbonyl (C=O) groups is 2. The first-order chi connectivity index (χ1) is 15.7. The number of fused-ring (bicyclic) bond motifs is 2. The summed E-state index contributed by atoms with van der Waals surface area (Å²) in [6.45, 7) is 0.272. The summed E-state index contributed by atoms with van der Waals surface area (Å²) in [5.41, 5.74) is 3.91. The molecule has 9 heteroatoms. The summed E-state index contributed by atoms with van der Waals surface area (Å²) in [7, 11) is 0. The molecule has 2 aliphatic rings. The zero-order valence-electron chi connectivity index (χ0n) is 16.6. The lowest BCUT2D eigenvalue weighted by molar-refractivity contribution is 0.0734. The zero-order chi connectivity index (χ0) is 21.9. The number of hydrogen-bond donors (Lipinski definition) is 1. The molecule has 0 aromatic heterocycles. The van der Waals surface area contributed by atoms with Gasteiger partial charge < -0.3 is 23.7 Å². The van der Waals surface area contributed by atoms with Crippen molar-refractivity contribution in [3.63, 3.8) is 0 Å². The molecule has 0 unspecified atom stereocenters. The maximum absolute atomic E-state index is 12.3. The van der Waals surface area contributed by atoms with E-state index in [-0.39, 0.29) is 19.5 Å². The van der Waals surface area contributed by atoms with Crippen LogP contribution in [0.5, 0.6) is 28.7 Å². The zero-order valence-corrected chi connectivity index (χ0v) is 16.6. The highest BCUT2D eigenvalue weighted by Gasteiger charge is 2.18. The van der Waals surface area contributed by atoms with Gasteiger partial charge in [0.1, 0.15) is 5.75 Å². The molecule has 9 nitrogen and oxygen atoms in total. The van der Waals surface area contributed by atoms with Crippen LogP contribution >= 0.6 is 0 Å². The molecule has 3 aromatic rings. The minimum atomic E-state index is -0.513. The van der Waals surface area contributed by atoms with Crippen LogP contribution in [0, 0.1) is 0 Å². The van der Waals surface area contributed by atoms with Gasteiger partial charge >= 0.3 is 5.97 Å². The summed E-state index contributed by atoms with van der Waals surface area (Å²) in [5.74, 6) is 1.70. The fourth-order valence-corrected chi connectivity index (χ4v) is 3.08. The minimum Gasteiger partial charge on any atom is -0.454 e. The third-order valence-electron chi connectivity index (χ3n) is 4.71. The van der Waals surface area contributed by atoms with E-state index in [0.29, 0.717) is 45.4 Å².